The zero-order chi connectivity index (χ0) is 15.9. The van der Waals surface area contributed by atoms with E-state index in [9.17, 15) is 9.59 Å². The molecule has 1 saturated heterocycles. The number of unbranched alkanes of at least 4 members (excludes halogenated alkanes) is 3. The van der Waals surface area contributed by atoms with Crippen molar-refractivity contribution in [1.29, 1.82) is 0 Å². The van der Waals surface area contributed by atoms with Crippen molar-refractivity contribution in [3.05, 3.63) is 29.8 Å². The first-order valence-electron chi connectivity index (χ1n) is 8.04. The predicted molar refractivity (Wildman–Crippen MR) is 87.0 cm³/mol. The number of carbonyl (C=O) groups is 2. The molecule has 5 heteroatoms. The van der Waals surface area contributed by atoms with E-state index >= 15 is 0 Å². The van der Waals surface area contributed by atoms with E-state index in [4.69, 9.17) is 5.73 Å². The molecule has 2 amide bonds. The highest BCUT2D eigenvalue weighted by atomic mass is 16.2. The van der Waals surface area contributed by atoms with Gasteiger partial charge < -0.3 is 15.5 Å². The summed E-state index contributed by atoms with van der Waals surface area (Å²) in [6, 6.07) is 7.41. The zero-order valence-electron chi connectivity index (χ0n) is 13.3. The van der Waals surface area contributed by atoms with Crippen LogP contribution in [0.3, 0.4) is 0 Å². The van der Waals surface area contributed by atoms with Gasteiger partial charge in [0, 0.05) is 31.9 Å². The first kappa shape index (κ1) is 16.3. The molecule has 1 fully saturated rings. The van der Waals surface area contributed by atoms with Crippen molar-refractivity contribution >= 4 is 17.5 Å². The monoisotopic (exact) mass is 303 g/mol. The topological polar surface area (TPSA) is 66.6 Å². The third-order valence-electron chi connectivity index (χ3n) is 4.03. The second kappa shape index (κ2) is 7.82. The Labute approximate surface area is 132 Å². The molecule has 0 bridgehead atoms. The summed E-state index contributed by atoms with van der Waals surface area (Å²) in [5, 5.41) is 0. The number of nitrogen functional groups attached to an aromatic ring is 1. The van der Waals surface area contributed by atoms with Crippen molar-refractivity contribution in [2.75, 3.05) is 25.4 Å². The average molecular weight is 303 g/mol. The number of nitrogens with zero attached hydrogens (tertiary/aromatic N) is 2. The largest absolute Gasteiger partial charge is 0.399 e. The summed E-state index contributed by atoms with van der Waals surface area (Å²) in [6.07, 6.45) is 4.44. The Morgan fingerprint density at radius 2 is 1.59 bits per heavy atom. The van der Waals surface area contributed by atoms with Crippen LogP contribution in [0.5, 0.6) is 0 Å². The number of anilines is 1. The Morgan fingerprint density at radius 1 is 0.955 bits per heavy atom. The van der Waals surface area contributed by atoms with Crippen LogP contribution >= 0.6 is 0 Å². The standard InChI is InChI=1S/C17H25N3O2/c1-2-3-4-5-10-19-11-12-20(17(22)16(19)21)13-14-6-8-15(18)9-7-14/h6-9H,2-5,10-13,18H2,1H3. The van der Waals surface area contributed by atoms with Crippen LogP contribution in [-0.2, 0) is 16.1 Å². The molecule has 1 aromatic rings. The number of amides is 2. The Hall–Kier alpha value is -2.04. The van der Waals surface area contributed by atoms with Gasteiger partial charge in [0.15, 0.2) is 0 Å². The lowest BCUT2D eigenvalue weighted by Gasteiger charge is -2.33. The minimum atomic E-state index is -0.390. The van der Waals surface area contributed by atoms with Crippen LogP contribution in [0.4, 0.5) is 5.69 Å². The fraction of sp³-hybridized carbons (Fsp3) is 0.529. The van der Waals surface area contributed by atoms with E-state index in [1.54, 1.807) is 9.80 Å². The number of rotatable bonds is 7. The molecule has 5 nitrogen and oxygen atoms in total. The van der Waals surface area contributed by atoms with E-state index in [1.165, 1.54) is 12.8 Å². The highest BCUT2D eigenvalue weighted by Gasteiger charge is 2.31. The molecule has 0 radical (unpaired) electrons. The second-order valence-electron chi connectivity index (χ2n) is 5.82. The second-order valence-corrected chi connectivity index (χ2v) is 5.82. The van der Waals surface area contributed by atoms with E-state index in [0.717, 1.165) is 18.4 Å². The highest BCUT2D eigenvalue weighted by molar-refractivity contribution is 6.35. The van der Waals surface area contributed by atoms with Crippen molar-refractivity contribution in [2.24, 2.45) is 0 Å². The summed E-state index contributed by atoms with van der Waals surface area (Å²) >= 11 is 0. The minimum absolute atomic E-state index is 0.363. The molecule has 0 atom stereocenters. The SMILES string of the molecule is CCCCCCN1CCN(Cc2ccc(N)cc2)C(=O)C1=O. The van der Waals surface area contributed by atoms with Gasteiger partial charge in [0.1, 0.15) is 0 Å². The van der Waals surface area contributed by atoms with E-state index in [1.807, 2.05) is 24.3 Å². The van der Waals surface area contributed by atoms with Crippen LogP contribution in [0.15, 0.2) is 24.3 Å². The number of nitrogens with two attached hydrogens (primary N) is 1. The van der Waals surface area contributed by atoms with E-state index < -0.39 is 5.91 Å². The molecule has 2 N–H and O–H groups in total. The van der Waals surface area contributed by atoms with Gasteiger partial charge in [0.25, 0.3) is 0 Å². The van der Waals surface area contributed by atoms with Gasteiger partial charge in [-0.05, 0) is 24.1 Å². The predicted octanol–water partition coefficient (Wildman–Crippen LogP) is 2.02. The van der Waals surface area contributed by atoms with Crippen LogP contribution in [0.2, 0.25) is 0 Å². The first-order chi connectivity index (χ1) is 10.6. The molecule has 2 rings (SSSR count). The summed E-state index contributed by atoms with van der Waals surface area (Å²) in [4.78, 5) is 27.7. The van der Waals surface area contributed by atoms with Crippen molar-refractivity contribution in [1.82, 2.24) is 9.80 Å². The average Bonchev–Trinajstić information content (AvgIpc) is 2.52. The smallest absolute Gasteiger partial charge is 0.312 e. The fourth-order valence-electron chi connectivity index (χ4n) is 2.65. The van der Waals surface area contributed by atoms with E-state index in [2.05, 4.69) is 6.92 Å². The molecule has 120 valence electrons. The van der Waals surface area contributed by atoms with Crippen LogP contribution < -0.4 is 5.73 Å². The molecule has 0 aliphatic carbocycles. The Kier molecular flexibility index (Phi) is 5.81. The molecular formula is C17H25N3O2. The van der Waals surface area contributed by atoms with E-state index in [0.29, 0.717) is 31.9 Å². The maximum Gasteiger partial charge on any atom is 0.312 e. The molecule has 22 heavy (non-hydrogen) atoms. The van der Waals surface area contributed by atoms with Crippen molar-refractivity contribution in [2.45, 2.75) is 39.2 Å². The van der Waals surface area contributed by atoms with E-state index in [-0.39, 0.29) is 5.91 Å². The number of hydrogen-bond acceptors (Lipinski definition) is 3. The van der Waals surface area contributed by atoms with Crippen molar-refractivity contribution in [3.8, 4) is 0 Å². The minimum Gasteiger partial charge on any atom is -0.399 e. The third kappa shape index (κ3) is 4.23. The maximum absolute atomic E-state index is 12.2. The number of hydrogen-bond donors (Lipinski definition) is 1. The molecule has 0 unspecified atom stereocenters. The van der Waals surface area contributed by atoms with Crippen LogP contribution in [0.25, 0.3) is 0 Å². The van der Waals surface area contributed by atoms with Crippen molar-refractivity contribution in [3.63, 3.8) is 0 Å². The van der Waals surface area contributed by atoms with Gasteiger partial charge in [-0.2, -0.15) is 0 Å². The lowest BCUT2D eigenvalue weighted by molar-refractivity contribution is -0.156. The van der Waals surface area contributed by atoms with Gasteiger partial charge in [0.2, 0.25) is 0 Å². The highest BCUT2D eigenvalue weighted by Crippen LogP contribution is 2.13. The number of carbonyl (C=O) groups excluding carboxylic acids is 2. The number of benzene rings is 1. The Morgan fingerprint density at radius 3 is 2.27 bits per heavy atom. The molecule has 0 saturated carbocycles. The third-order valence-corrected chi connectivity index (χ3v) is 4.03. The summed E-state index contributed by atoms with van der Waals surface area (Å²) in [7, 11) is 0. The summed E-state index contributed by atoms with van der Waals surface area (Å²) in [6.45, 7) is 4.55. The van der Waals surface area contributed by atoms with Gasteiger partial charge in [-0.1, -0.05) is 38.3 Å². The quantitative estimate of drug-likeness (QED) is 0.476. The zero-order valence-corrected chi connectivity index (χ0v) is 13.3. The van der Waals surface area contributed by atoms with Crippen LogP contribution in [0.1, 0.15) is 38.2 Å². The summed E-state index contributed by atoms with van der Waals surface area (Å²) in [5.74, 6) is -0.753. The summed E-state index contributed by atoms with van der Waals surface area (Å²) in [5.41, 5.74) is 7.34. The maximum atomic E-state index is 12.2. The Bertz CT molecular complexity index is 513. The lowest BCUT2D eigenvalue weighted by Crippen LogP contribution is -2.54. The Balaban J connectivity index is 1.86. The number of piperazine rings is 1. The van der Waals surface area contributed by atoms with Crippen LogP contribution in [-0.4, -0.2) is 41.2 Å². The molecule has 0 spiro atoms. The molecule has 1 heterocycles. The van der Waals surface area contributed by atoms with Crippen LogP contribution in [0, 0.1) is 0 Å². The normalized spacial score (nSPS) is 15.5. The van der Waals surface area contributed by atoms with Gasteiger partial charge in [-0.15, -0.1) is 0 Å². The van der Waals surface area contributed by atoms with Gasteiger partial charge >= 0.3 is 11.8 Å². The lowest BCUT2D eigenvalue weighted by atomic mass is 10.1. The molecule has 1 aromatic carbocycles. The fourth-order valence-corrected chi connectivity index (χ4v) is 2.65. The van der Waals surface area contributed by atoms with Gasteiger partial charge in [0.05, 0.1) is 0 Å². The van der Waals surface area contributed by atoms with Crippen molar-refractivity contribution < 1.29 is 9.59 Å². The first-order valence-corrected chi connectivity index (χ1v) is 8.04. The molecule has 1 aliphatic rings. The molecular weight excluding hydrogens is 278 g/mol. The van der Waals surface area contributed by atoms with Gasteiger partial charge in [-0.3, -0.25) is 9.59 Å². The summed E-state index contributed by atoms with van der Waals surface area (Å²) < 4.78 is 0. The van der Waals surface area contributed by atoms with Gasteiger partial charge in [-0.25, -0.2) is 0 Å². The molecule has 0 aromatic heterocycles. The molecule has 1 aliphatic heterocycles.